The summed E-state index contributed by atoms with van der Waals surface area (Å²) in [5, 5.41) is 3.90. The van der Waals surface area contributed by atoms with Gasteiger partial charge in [0.25, 0.3) is 0 Å². The minimum atomic E-state index is -4.58. The van der Waals surface area contributed by atoms with Crippen LogP contribution in [0.2, 0.25) is 0 Å². The second-order valence-corrected chi connectivity index (χ2v) is 8.45. The molecule has 0 N–H and O–H groups in total. The molecule has 1 saturated heterocycles. The van der Waals surface area contributed by atoms with Crippen LogP contribution >= 0.6 is 0 Å². The Morgan fingerprint density at radius 3 is 2.37 bits per heavy atom. The number of aryl methyl sites for hydroxylation is 2. The first-order chi connectivity index (χ1) is 12.6. The van der Waals surface area contributed by atoms with E-state index in [0.717, 1.165) is 29.2 Å². The van der Waals surface area contributed by atoms with E-state index in [1.54, 1.807) is 0 Å². The minimum absolute atomic E-state index is 0.210. The molecule has 10 heteroatoms. The van der Waals surface area contributed by atoms with E-state index < -0.39 is 21.8 Å². The zero-order valence-electron chi connectivity index (χ0n) is 15.0. The van der Waals surface area contributed by atoms with Crippen molar-refractivity contribution in [1.29, 1.82) is 0 Å². The molecule has 6 nitrogen and oxygen atoms in total. The minimum Gasteiger partial charge on any atom is -0.361 e. The third-order valence-electron chi connectivity index (χ3n) is 4.69. The fourth-order valence-corrected chi connectivity index (χ4v) is 4.53. The van der Waals surface area contributed by atoms with Gasteiger partial charge in [-0.1, -0.05) is 11.2 Å². The molecule has 0 unspecified atom stereocenters. The molecule has 0 radical (unpaired) electrons. The van der Waals surface area contributed by atoms with Crippen molar-refractivity contribution in [2.24, 2.45) is 0 Å². The molecule has 0 bridgehead atoms. The normalized spacial score (nSPS) is 17.4. The largest absolute Gasteiger partial charge is 0.416 e. The van der Waals surface area contributed by atoms with E-state index in [9.17, 15) is 21.6 Å². The number of sulfonamides is 1. The number of hydrogen-bond acceptors (Lipinski definition) is 5. The molecule has 0 spiro atoms. The molecule has 0 amide bonds. The van der Waals surface area contributed by atoms with Crippen LogP contribution in [-0.4, -0.2) is 49.0 Å². The van der Waals surface area contributed by atoms with Crippen molar-refractivity contribution in [3.8, 4) is 0 Å². The first-order valence-electron chi connectivity index (χ1n) is 8.40. The van der Waals surface area contributed by atoms with Gasteiger partial charge in [0.1, 0.15) is 5.76 Å². The van der Waals surface area contributed by atoms with Gasteiger partial charge in [0, 0.05) is 38.3 Å². The van der Waals surface area contributed by atoms with Crippen LogP contribution in [-0.2, 0) is 22.7 Å². The number of benzene rings is 1. The highest BCUT2D eigenvalue weighted by Crippen LogP contribution is 2.31. The quantitative estimate of drug-likeness (QED) is 0.786. The molecule has 0 atom stereocenters. The van der Waals surface area contributed by atoms with E-state index in [0.29, 0.717) is 25.7 Å². The molecule has 1 fully saturated rings. The molecule has 1 aliphatic rings. The van der Waals surface area contributed by atoms with Crippen molar-refractivity contribution in [3.05, 3.63) is 46.8 Å². The molecule has 1 aliphatic heterocycles. The average Bonchev–Trinajstić information content (AvgIpc) is 2.93. The standard InChI is InChI=1S/C17H20F3N3O3S/c1-12-16(13(2)26-21-12)11-22-6-8-23(9-7-22)27(24,25)15-5-3-4-14(10-15)17(18,19)20/h3-5,10H,6-9,11H2,1-2H3. The van der Waals surface area contributed by atoms with E-state index >= 15 is 0 Å². The maximum atomic E-state index is 12.9. The van der Waals surface area contributed by atoms with Crippen LogP contribution in [0.1, 0.15) is 22.6 Å². The van der Waals surface area contributed by atoms with Crippen LogP contribution in [0, 0.1) is 13.8 Å². The molecular weight excluding hydrogens is 383 g/mol. The van der Waals surface area contributed by atoms with E-state index in [4.69, 9.17) is 4.52 Å². The summed E-state index contributed by atoms with van der Waals surface area (Å²) in [4.78, 5) is 1.74. The number of rotatable bonds is 4. The summed E-state index contributed by atoms with van der Waals surface area (Å²) >= 11 is 0. The van der Waals surface area contributed by atoms with Crippen LogP contribution < -0.4 is 0 Å². The second kappa shape index (κ2) is 7.25. The van der Waals surface area contributed by atoms with Gasteiger partial charge < -0.3 is 4.52 Å². The van der Waals surface area contributed by atoms with E-state index in [2.05, 4.69) is 10.1 Å². The molecule has 2 aromatic rings. The van der Waals surface area contributed by atoms with Crippen molar-refractivity contribution in [3.63, 3.8) is 0 Å². The molecule has 2 heterocycles. The molecule has 1 aromatic carbocycles. The molecular formula is C17H20F3N3O3S. The van der Waals surface area contributed by atoms with E-state index in [1.807, 2.05) is 13.8 Å². The zero-order chi connectivity index (χ0) is 19.8. The Morgan fingerprint density at radius 1 is 1.15 bits per heavy atom. The third kappa shape index (κ3) is 4.17. The Balaban J connectivity index is 1.70. The summed E-state index contributed by atoms with van der Waals surface area (Å²) in [5.41, 5.74) is 0.802. The smallest absolute Gasteiger partial charge is 0.361 e. The molecule has 0 aliphatic carbocycles. The third-order valence-corrected chi connectivity index (χ3v) is 6.59. The Hall–Kier alpha value is -1.91. The van der Waals surface area contributed by atoms with Crippen molar-refractivity contribution in [1.82, 2.24) is 14.4 Å². The fourth-order valence-electron chi connectivity index (χ4n) is 3.06. The lowest BCUT2D eigenvalue weighted by molar-refractivity contribution is -0.137. The van der Waals surface area contributed by atoms with Gasteiger partial charge in [0.05, 0.1) is 16.2 Å². The van der Waals surface area contributed by atoms with Gasteiger partial charge in [-0.15, -0.1) is 0 Å². The highest BCUT2D eigenvalue weighted by molar-refractivity contribution is 7.89. The van der Waals surface area contributed by atoms with Gasteiger partial charge in [-0.05, 0) is 32.0 Å². The highest BCUT2D eigenvalue weighted by atomic mass is 32.2. The number of nitrogens with zero attached hydrogens (tertiary/aromatic N) is 3. The van der Waals surface area contributed by atoms with Crippen molar-refractivity contribution >= 4 is 10.0 Å². The van der Waals surface area contributed by atoms with Crippen LogP contribution in [0.5, 0.6) is 0 Å². The summed E-state index contributed by atoms with van der Waals surface area (Å²) in [6.45, 7) is 5.64. The maximum Gasteiger partial charge on any atom is 0.416 e. The van der Waals surface area contributed by atoms with Crippen molar-refractivity contribution in [2.45, 2.75) is 31.5 Å². The van der Waals surface area contributed by atoms with Crippen LogP contribution in [0.3, 0.4) is 0 Å². The molecule has 148 valence electrons. The summed E-state index contributed by atoms with van der Waals surface area (Å²) in [7, 11) is -3.97. The van der Waals surface area contributed by atoms with Gasteiger partial charge in [-0.25, -0.2) is 8.42 Å². The van der Waals surface area contributed by atoms with Gasteiger partial charge >= 0.3 is 6.18 Å². The number of piperazine rings is 1. The van der Waals surface area contributed by atoms with E-state index in [-0.39, 0.29) is 18.0 Å². The summed E-state index contributed by atoms with van der Waals surface area (Å²) < 4.78 is 70.4. The number of halogens is 3. The first kappa shape index (κ1) is 19.8. The van der Waals surface area contributed by atoms with Crippen molar-refractivity contribution < 1.29 is 26.1 Å². The van der Waals surface area contributed by atoms with Gasteiger partial charge in [-0.3, -0.25) is 4.90 Å². The predicted octanol–water partition coefficient (Wildman–Crippen LogP) is 2.82. The van der Waals surface area contributed by atoms with Gasteiger partial charge in [-0.2, -0.15) is 17.5 Å². The Kier molecular flexibility index (Phi) is 5.33. The molecule has 3 rings (SSSR count). The van der Waals surface area contributed by atoms with Crippen LogP contribution in [0.25, 0.3) is 0 Å². The summed E-state index contributed by atoms with van der Waals surface area (Å²) in [6.07, 6.45) is -4.58. The molecule has 0 saturated carbocycles. The lowest BCUT2D eigenvalue weighted by Crippen LogP contribution is -2.48. The Morgan fingerprint density at radius 2 is 1.81 bits per heavy atom. The predicted molar refractivity (Wildman–Crippen MR) is 91.5 cm³/mol. The first-order valence-corrected chi connectivity index (χ1v) is 9.84. The summed E-state index contributed by atoms with van der Waals surface area (Å²) in [6, 6.07) is 3.86. The highest BCUT2D eigenvalue weighted by Gasteiger charge is 2.34. The maximum absolute atomic E-state index is 12.9. The fraction of sp³-hybridized carbons (Fsp3) is 0.471. The lowest BCUT2D eigenvalue weighted by Gasteiger charge is -2.34. The number of aromatic nitrogens is 1. The summed E-state index contributed by atoms with van der Waals surface area (Å²) in [5.74, 6) is 0.728. The topological polar surface area (TPSA) is 66.7 Å². The Bertz CT molecular complexity index is 897. The number of hydrogen-bond donors (Lipinski definition) is 0. The molecule has 27 heavy (non-hydrogen) atoms. The lowest BCUT2D eigenvalue weighted by atomic mass is 10.2. The van der Waals surface area contributed by atoms with Gasteiger partial charge in [0.15, 0.2) is 0 Å². The van der Waals surface area contributed by atoms with Crippen molar-refractivity contribution in [2.75, 3.05) is 26.2 Å². The average molecular weight is 403 g/mol. The zero-order valence-corrected chi connectivity index (χ0v) is 15.8. The monoisotopic (exact) mass is 403 g/mol. The second-order valence-electron chi connectivity index (χ2n) is 6.51. The molecule has 1 aromatic heterocycles. The van der Waals surface area contributed by atoms with Crippen LogP contribution in [0.15, 0.2) is 33.7 Å². The number of alkyl halides is 3. The van der Waals surface area contributed by atoms with Crippen LogP contribution in [0.4, 0.5) is 13.2 Å². The Labute approximate surface area is 155 Å². The SMILES string of the molecule is Cc1noc(C)c1CN1CCN(S(=O)(=O)c2cccc(C(F)(F)F)c2)CC1. The van der Waals surface area contributed by atoms with Gasteiger partial charge in [0.2, 0.25) is 10.0 Å². The van der Waals surface area contributed by atoms with E-state index in [1.165, 1.54) is 10.4 Å².